The van der Waals surface area contributed by atoms with E-state index >= 15 is 0 Å². The third-order valence-electron chi connectivity index (χ3n) is 3.73. The van der Waals surface area contributed by atoms with Gasteiger partial charge in [0.05, 0.1) is 15.8 Å². The monoisotopic (exact) mass is 384 g/mol. The van der Waals surface area contributed by atoms with Gasteiger partial charge in [-0.2, -0.15) is 0 Å². The first-order chi connectivity index (χ1) is 12.9. The van der Waals surface area contributed by atoms with Crippen LogP contribution in [0.5, 0.6) is 5.75 Å². The second-order valence-corrected chi connectivity index (χ2v) is 7.56. The maximum absolute atomic E-state index is 12.0. The zero-order valence-corrected chi connectivity index (χ0v) is 15.9. The summed E-state index contributed by atoms with van der Waals surface area (Å²) >= 11 is 1.50. The van der Waals surface area contributed by atoms with Crippen molar-refractivity contribution in [2.75, 3.05) is 11.9 Å². The number of nitrogens with zero attached hydrogens (tertiary/aromatic N) is 1. The molecule has 0 aliphatic carbocycles. The second kappa shape index (κ2) is 8.18. The topological polar surface area (TPSA) is 88.5 Å². The van der Waals surface area contributed by atoms with Crippen molar-refractivity contribution in [3.8, 4) is 16.3 Å². The van der Waals surface area contributed by atoms with E-state index in [9.17, 15) is 9.59 Å². The van der Waals surface area contributed by atoms with Crippen molar-refractivity contribution in [3.63, 3.8) is 0 Å². The number of carbonyl (C=O) groups is 2. The number of carboxylic acid groups (broad SMARTS) is 1. The van der Waals surface area contributed by atoms with E-state index in [4.69, 9.17) is 9.84 Å². The number of rotatable bonds is 7. The van der Waals surface area contributed by atoms with Gasteiger partial charge in [0.1, 0.15) is 10.8 Å². The van der Waals surface area contributed by atoms with E-state index in [1.807, 2.05) is 38.1 Å². The van der Waals surface area contributed by atoms with E-state index in [1.165, 1.54) is 11.3 Å². The lowest BCUT2D eigenvalue weighted by Gasteiger charge is -2.12. The quantitative estimate of drug-likeness (QED) is 0.630. The largest absolute Gasteiger partial charge is 0.481 e. The van der Waals surface area contributed by atoms with Crippen LogP contribution >= 0.6 is 11.3 Å². The fourth-order valence-electron chi connectivity index (χ4n) is 2.61. The van der Waals surface area contributed by atoms with Gasteiger partial charge in [-0.3, -0.25) is 4.79 Å². The number of hydrogen-bond donors (Lipinski definition) is 2. The van der Waals surface area contributed by atoms with Gasteiger partial charge in [-0.15, -0.1) is 11.3 Å². The number of fused-ring (bicyclic) bond motifs is 1. The molecule has 140 valence electrons. The van der Waals surface area contributed by atoms with Crippen LogP contribution in [0.2, 0.25) is 0 Å². The molecule has 0 unspecified atom stereocenters. The first-order valence-corrected chi connectivity index (χ1v) is 9.38. The van der Waals surface area contributed by atoms with Gasteiger partial charge in [0.2, 0.25) is 5.91 Å². The molecule has 0 bridgehead atoms. The van der Waals surface area contributed by atoms with E-state index in [-0.39, 0.29) is 11.8 Å². The van der Waals surface area contributed by atoms with Gasteiger partial charge in [0.15, 0.2) is 6.61 Å². The van der Waals surface area contributed by atoms with Crippen LogP contribution in [-0.4, -0.2) is 28.6 Å². The first kappa shape index (κ1) is 18.8. The number of aliphatic carboxylic acids is 1. The Balaban J connectivity index is 1.94. The molecule has 0 aliphatic heterocycles. The minimum atomic E-state index is -1.07. The van der Waals surface area contributed by atoms with Crippen LogP contribution < -0.4 is 10.1 Å². The molecule has 27 heavy (non-hydrogen) atoms. The van der Waals surface area contributed by atoms with E-state index in [0.717, 1.165) is 15.2 Å². The molecule has 0 atom stereocenters. The molecule has 1 heterocycles. The highest BCUT2D eigenvalue weighted by atomic mass is 32.1. The number of anilines is 1. The summed E-state index contributed by atoms with van der Waals surface area (Å²) in [7, 11) is 0. The Kier molecular flexibility index (Phi) is 5.71. The number of thiazole rings is 1. The summed E-state index contributed by atoms with van der Waals surface area (Å²) in [4.78, 5) is 27.6. The predicted molar refractivity (Wildman–Crippen MR) is 106 cm³/mol. The van der Waals surface area contributed by atoms with Gasteiger partial charge in [-0.25, -0.2) is 9.78 Å². The fourth-order valence-corrected chi connectivity index (χ4v) is 3.60. The highest BCUT2D eigenvalue weighted by Gasteiger charge is 2.15. The van der Waals surface area contributed by atoms with E-state index in [2.05, 4.69) is 10.3 Å². The molecule has 2 N–H and O–H groups in total. The van der Waals surface area contributed by atoms with Gasteiger partial charge in [0, 0.05) is 18.2 Å². The summed E-state index contributed by atoms with van der Waals surface area (Å²) in [5.41, 5.74) is 2.13. The van der Waals surface area contributed by atoms with Crippen molar-refractivity contribution in [3.05, 3.63) is 42.5 Å². The third-order valence-corrected chi connectivity index (χ3v) is 4.80. The molecule has 2 aromatic carbocycles. The zero-order chi connectivity index (χ0) is 19.4. The Hall–Kier alpha value is -2.93. The van der Waals surface area contributed by atoms with Gasteiger partial charge in [-0.05, 0) is 30.2 Å². The first-order valence-electron chi connectivity index (χ1n) is 8.57. The Labute approximate surface area is 160 Å². The maximum atomic E-state index is 12.0. The van der Waals surface area contributed by atoms with E-state index in [0.29, 0.717) is 23.4 Å². The van der Waals surface area contributed by atoms with Gasteiger partial charge in [-0.1, -0.05) is 26.0 Å². The summed E-state index contributed by atoms with van der Waals surface area (Å²) < 4.78 is 6.50. The molecule has 0 saturated heterocycles. The molecule has 1 aromatic heterocycles. The number of hydrogen-bond acceptors (Lipinski definition) is 5. The number of ether oxygens (including phenoxy) is 1. The van der Waals surface area contributed by atoms with E-state index < -0.39 is 12.6 Å². The fraction of sp³-hybridized carbons (Fsp3) is 0.250. The molecule has 0 fully saturated rings. The normalized spacial score (nSPS) is 10.9. The van der Waals surface area contributed by atoms with Crippen LogP contribution in [0.25, 0.3) is 20.8 Å². The van der Waals surface area contributed by atoms with Gasteiger partial charge >= 0.3 is 5.97 Å². The van der Waals surface area contributed by atoms with Crippen molar-refractivity contribution in [2.45, 2.75) is 20.3 Å². The summed E-state index contributed by atoms with van der Waals surface area (Å²) in [6, 6.07) is 13.0. The lowest BCUT2D eigenvalue weighted by atomic mass is 10.1. The van der Waals surface area contributed by atoms with Crippen molar-refractivity contribution in [2.24, 2.45) is 5.92 Å². The molecule has 3 rings (SSSR count). The van der Waals surface area contributed by atoms with Crippen molar-refractivity contribution in [1.29, 1.82) is 0 Å². The van der Waals surface area contributed by atoms with Crippen LogP contribution in [0.3, 0.4) is 0 Å². The number of carboxylic acids is 1. The molecule has 7 heteroatoms. The molecular weight excluding hydrogens is 364 g/mol. The Morgan fingerprint density at radius 3 is 2.70 bits per heavy atom. The second-order valence-electron chi connectivity index (χ2n) is 6.53. The molecule has 0 spiro atoms. The molecule has 3 aromatic rings. The number of benzene rings is 2. The molecule has 1 amide bonds. The Bertz CT molecular complexity index is 948. The van der Waals surface area contributed by atoms with Crippen molar-refractivity contribution in [1.82, 2.24) is 4.98 Å². The smallest absolute Gasteiger partial charge is 0.341 e. The van der Waals surface area contributed by atoms with Gasteiger partial charge in [0.25, 0.3) is 0 Å². The molecule has 0 saturated carbocycles. The standard InChI is InChI=1S/C20H20N2O4S/c1-12(2)9-18(23)21-13-7-8-14(16(10-13)26-11-19(24)25)20-22-15-5-3-4-6-17(15)27-20/h3-8,10,12H,9,11H2,1-2H3,(H,21,23)(H,24,25). The summed E-state index contributed by atoms with van der Waals surface area (Å²) in [5.74, 6) is -0.546. The number of amides is 1. The predicted octanol–water partition coefficient (Wildman–Crippen LogP) is 4.41. The van der Waals surface area contributed by atoms with Crippen LogP contribution in [0, 0.1) is 5.92 Å². The molecule has 6 nitrogen and oxygen atoms in total. The molecule has 0 aliphatic rings. The molecule has 0 radical (unpaired) electrons. The third kappa shape index (κ3) is 4.83. The number of carbonyl (C=O) groups excluding carboxylic acids is 1. The van der Waals surface area contributed by atoms with Crippen LogP contribution in [0.15, 0.2) is 42.5 Å². The average Bonchev–Trinajstić information content (AvgIpc) is 3.03. The minimum Gasteiger partial charge on any atom is -0.481 e. The minimum absolute atomic E-state index is 0.0954. The average molecular weight is 384 g/mol. The van der Waals surface area contributed by atoms with Crippen molar-refractivity contribution >= 4 is 39.1 Å². The number of nitrogens with one attached hydrogen (secondary N) is 1. The van der Waals surface area contributed by atoms with Crippen molar-refractivity contribution < 1.29 is 19.4 Å². The summed E-state index contributed by atoms with van der Waals surface area (Å²) in [5, 5.41) is 12.5. The van der Waals surface area contributed by atoms with Crippen LogP contribution in [0.4, 0.5) is 5.69 Å². The zero-order valence-electron chi connectivity index (χ0n) is 15.1. The van der Waals surface area contributed by atoms with Gasteiger partial charge < -0.3 is 15.2 Å². The van der Waals surface area contributed by atoms with E-state index in [1.54, 1.807) is 18.2 Å². The Morgan fingerprint density at radius 2 is 2.00 bits per heavy atom. The number of para-hydroxylation sites is 1. The highest BCUT2D eigenvalue weighted by Crippen LogP contribution is 2.37. The Morgan fingerprint density at radius 1 is 1.22 bits per heavy atom. The maximum Gasteiger partial charge on any atom is 0.341 e. The summed E-state index contributed by atoms with van der Waals surface area (Å²) in [6.07, 6.45) is 0.408. The summed E-state index contributed by atoms with van der Waals surface area (Å²) in [6.45, 7) is 3.47. The number of aromatic nitrogens is 1. The molecular formula is C20H20N2O4S. The lowest BCUT2D eigenvalue weighted by Crippen LogP contribution is -2.14. The SMILES string of the molecule is CC(C)CC(=O)Nc1ccc(-c2nc3ccccc3s2)c(OCC(=O)O)c1. The van der Waals surface area contributed by atoms with Crippen LogP contribution in [0.1, 0.15) is 20.3 Å². The lowest BCUT2D eigenvalue weighted by molar-refractivity contribution is -0.139. The van der Waals surface area contributed by atoms with Crippen LogP contribution in [-0.2, 0) is 9.59 Å². The highest BCUT2D eigenvalue weighted by molar-refractivity contribution is 7.21.